The number of likely N-dealkylation sites (tertiary alicyclic amines) is 1. The molecule has 0 saturated carbocycles. The van der Waals surface area contributed by atoms with Gasteiger partial charge < -0.3 is 4.90 Å². The van der Waals surface area contributed by atoms with Gasteiger partial charge in [-0.1, -0.05) is 24.3 Å². The van der Waals surface area contributed by atoms with Gasteiger partial charge in [-0.25, -0.2) is 0 Å². The van der Waals surface area contributed by atoms with Gasteiger partial charge in [0.1, 0.15) is 0 Å². The van der Waals surface area contributed by atoms with Crippen LogP contribution >= 0.6 is 0 Å². The first kappa shape index (κ1) is 10.2. The number of hydrogen-bond donors (Lipinski definition) is 0. The lowest BCUT2D eigenvalue weighted by molar-refractivity contribution is -0.131. The van der Waals surface area contributed by atoms with Crippen LogP contribution in [0.3, 0.4) is 0 Å². The van der Waals surface area contributed by atoms with E-state index >= 15 is 0 Å². The highest BCUT2D eigenvalue weighted by atomic mass is 16.2. The van der Waals surface area contributed by atoms with Crippen LogP contribution in [-0.2, 0) is 11.2 Å². The molecule has 15 heavy (non-hydrogen) atoms. The monoisotopic (exact) mass is 202 g/mol. The molecule has 1 aromatic carbocycles. The highest BCUT2D eigenvalue weighted by molar-refractivity contribution is 5.78. The Bertz CT molecular complexity index is 315. The topological polar surface area (TPSA) is 20.3 Å². The largest absolute Gasteiger partial charge is 0.342 e. The van der Waals surface area contributed by atoms with Crippen LogP contribution in [0.4, 0.5) is 0 Å². The van der Waals surface area contributed by atoms with Crippen molar-refractivity contribution in [2.45, 2.75) is 25.7 Å². The Morgan fingerprint density at radius 1 is 1.20 bits per heavy atom. The Labute approximate surface area is 90.9 Å². The third-order valence-electron chi connectivity index (χ3n) is 2.85. The average Bonchev–Trinajstić information content (AvgIpc) is 2.31. The van der Waals surface area contributed by atoms with Gasteiger partial charge in [-0.05, 0) is 30.9 Å². The van der Waals surface area contributed by atoms with Crippen LogP contribution in [0.1, 0.15) is 24.8 Å². The van der Waals surface area contributed by atoms with E-state index in [9.17, 15) is 4.79 Å². The van der Waals surface area contributed by atoms with Crippen molar-refractivity contribution in [3.63, 3.8) is 0 Å². The van der Waals surface area contributed by atoms with Crippen molar-refractivity contribution in [1.82, 2.24) is 4.90 Å². The summed E-state index contributed by atoms with van der Waals surface area (Å²) in [6.07, 6.45) is 4.13. The van der Waals surface area contributed by atoms with Crippen LogP contribution < -0.4 is 0 Å². The number of benzene rings is 1. The number of hydrogen-bond acceptors (Lipinski definition) is 1. The Morgan fingerprint density at radius 3 is 2.53 bits per heavy atom. The Hall–Kier alpha value is -1.31. The maximum absolute atomic E-state index is 11.9. The molecule has 1 aliphatic heterocycles. The zero-order chi connectivity index (χ0) is 10.5. The Balaban J connectivity index is 1.91. The van der Waals surface area contributed by atoms with E-state index in [0.717, 1.165) is 31.5 Å². The van der Waals surface area contributed by atoms with Gasteiger partial charge in [0, 0.05) is 13.1 Å². The van der Waals surface area contributed by atoms with E-state index in [4.69, 9.17) is 0 Å². The summed E-state index contributed by atoms with van der Waals surface area (Å²) in [7, 11) is 0. The molecule has 2 heteroatoms. The molecule has 0 bridgehead atoms. The summed E-state index contributed by atoms with van der Waals surface area (Å²) >= 11 is 0. The SMILES string of the molecule is O=C(Cc1cc[c]cc1)N1CCCCC1. The Kier molecular flexibility index (Phi) is 3.38. The molecule has 0 N–H and O–H groups in total. The van der Waals surface area contributed by atoms with Gasteiger partial charge in [-0.3, -0.25) is 4.79 Å². The summed E-state index contributed by atoms with van der Waals surface area (Å²) in [4.78, 5) is 13.9. The van der Waals surface area contributed by atoms with Gasteiger partial charge in [0.25, 0.3) is 0 Å². The first-order valence-corrected chi connectivity index (χ1v) is 5.59. The molecule has 0 aromatic heterocycles. The van der Waals surface area contributed by atoms with Crippen LogP contribution in [0.25, 0.3) is 0 Å². The molecule has 1 amide bonds. The minimum atomic E-state index is 0.265. The molecule has 2 rings (SSSR count). The molecule has 1 radical (unpaired) electrons. The molecule has 1 heterocycles. The molecule has 1 aromatic rings. The van der Waals surface area contributed by atoms with Crippen molar-refractivity contribution in [3.8, 4) is 0 Å². The van der Waals surface area contributed by atoms with Gasteiger partial charge in [0.15, 0.2) is 0 Å². The van der Waals surface area contributed by atoms with Crippen molar-refractivity contribution in [2.24, 2.45) is 0 Å². The lowest BCUT2D eigenvalue weighted by Crippen LogP contribution is -2.36. The van der Waals surface area contributed by atoms with Gasteiger partial charge in [0.05, 0.1) is 6.42 Å². The fourth-order valence-corrected chi connectivity index (χ4v) is 1.97. The molecule has 1 saturated heterocycles. The third-order valence-corrected chi connectivity index (χ3v) is 2.85. The minimum absolute atomic E-state index is 0.265. The quantitative estimate of drug-likeness (QED) is 0.718. The molecule has 0 unspecified atom stereocenters. The van der Waals surface area contributed by atoms with Gasteiger partial charge >= 0.3 is 0 Å². The Morgan fingerprint density at radius 2 is 1.87 bits per heavy atom. The number of carbonyl (C=O) groups excluding carboxylic acids is 1. The first-order valence-electron chi connectivity index (χ1n) is 5.59. The molecule has 1 aliphatic rings. The normalized spacial score (nSPS) is 16.4. The third kappa shape index (κ3) is 2.82. The predicted molar refractivity (Wildman–Crippen MR) is 59.4 cm³/mol. The number of nitrogens with zero attached hydrogens (tertiary/aromatic N) is 1. The van der Waals surface area contributed by atoms with Gasteiger partial charge in [-0.2, -0.15) is 0 Å². The van der Waals surface area contributed by atoms with E-state index < -0.39 is 0 Å². The molecule has 0 atom stereocenters. The first-order chi connectivity index (χ1) is 7.36. The highest BCUT2D eigenvalue weighted by Gasteiger charge is 2.16. The van der Waals surface area contributed by atoms with Crippen LogP contribution in [0.5, 0.6) is 0 Å². The van der Waals surface area contributed by atoms with Crippen molar-refractivity contribution in [1.29, 1.82) is 0 Å². The molecular weight excluding hydrogens is 186 g/mol. The van der Waals surface area contributed by atoms with Crippen molar-refractivity contribution < 1.29 is 4.79 Å². The lowest BCUT2D eigenvalue weighted by atomic mass is 10.1. The lowest BCUT2D eigenvalue weighted by Gasteiger charge is -2.26. The fourth-order valence-electron chi connectivity index (χ4n) is 1.97. The van der Waals surface area contributed by atoms with E-state index in [1.165, 1.54) is 6.42 Å². The van der Waals surface area contributed by atoms with Crippen LogP contribution in [0.15, 0.2) is 24.3 Å². The van der Waals surface area contributed by atoms with E-state index in [1.807, 2.05) is 29.2 Å². The zero-order valence-electron chi connectivity index (χ0n) is 8.91. The zero-order valence-corrected chi connectivity index (χ0v) is 8.91. The molecule has 0 aliphatic carbocycles. The molecule has 79 valence electrons. The van der Waals surface area contributed by atoms with Crippen LogP contribution in [0.2, 0.25) is 0 Å². The van der Waals surface area contributed by atoms with E-state index in [0.29, 0.717) is 6.42 Å². The van der Waals surface area contributed by atoms with Crippen LogP contribution in [0, 0.1) is 6.07 Å². The summed E-state index contributed by atoms with van der Waals surface area (Å²) < 4.78 is 0. The second-order valence-electron chi connectivity index (χ2n) is 4.03. The predicted octanol–water partition coefficient (Wildman–Crippen LogP) is 2.04. The van der Waals surface area contributed by atoms with Crippen LogP contribution in [-0.4, -0.2) is 23.9 Å². The summed E-state index contributed by atoms with van der Waals surface area (Å²) in [6, 6.07) is 10.6. The second-order valence-corrected chi connectivity index (χ2v) is 4.03. The highest BCUT2D eigenvalue weighted by Crippen LogP contribution is 2.10. The molecular formula is C13H16NO. The smallest absolute Gasteiger partial charge is 0.226 e. The van der Waals surface area contributed by atoms with Crippen molar-refractivity contribution in [3.05, 3.63) is 35.9 Å². The van der Waals surface area contributed by atoms with E-state index in [1.54, 1.807) is 0 Å². The number of amides is 1. The van der Waals surface area contributed by atoms with E-state index in [2.05, 4.69) is 6.07 Å². The minimum Gasteiger partial charge on any atom is -0.342 e. The number of piperidine rings is 1. The number of carbonyl (C=O) groups is 1. The summed E-state index contributed by atoms with van der Waals surface area (Å²) in [5, 5.41) is 0. The molecule has 0 spiro atoms. The van der Waals surface area contributed by atoms with E-state index in [-0.39, 0.29) is 5.91 Å². The molecule has 1 fully saturated rings. The van der Waals surface area contributed by atoms with Gasteiger partial charge in [0.2, 0.25) is 5.91 Å². The maximum Gasteiger partial charge on any atom is 0.226 e. The maximum atomic E-state index is 11.9. The van der Waals surface area contributed by atoms with Crippen molar-refractivity contribution in [2.75, 3.05) is 13.1 Å². The van der Waals surface area contributed by atoms with Gasteiger partial charge in [-0.15, -0.1) is 0 Å². The summed E-state index contributed by atoms with van der Waals surface area (Å²) in [6.45, 7) is 1.88. The summed E-state index contributed by atoms with van der Waals surface area (Å²) in [5.74, 6) is 0.265. The molecule has 2 nitrogen and oxygen atoms in total. The standard InChI is InChI=1S/C13H16NO/c15-13(14-9-5-2-6-10-14)11-12-7-3-1-4-8-12/h3-4,7-8H,2,5-6,9-11H2. The average molecular weight is 202 g/mol. The van der Waals surface area contributed by atoms with Crippen molar-refractivity contribution >= 4 is 5.91 Å². The fraction of sp³-hybridized carbons (Fsp3) is 0.462. The number of rotatable bonds is 2. The second kappa shape index (κ2) is 4.96. The summed E-state index contributed by atoms with van der Waals surface area (Å²) in [5.41, 5.74) is 1.09.